The van der Waals surface area contributed by atoms with Crippen molar-refractivity contribution in [3.05, 3.63) is 52.0 Å². The van der Waals surface area contributed by atoms with Gasteiger partial charge in [-0.25, -0.2) is 0 Å². The fraction of sp³-hybridized carbons (Fsp3) is 0.594. The van der Waals surface area contributed by atoms with E-state index in [-0.39, 0.29) is 16.9 Å². The summed E-state index contributed by atoms with van der Waals surface area (Å²) in [5.41, 5.74) is -6.70. The SMILES string of the molecule is CC(=O)C1=C(O)C(C(C)C)[C@@]2(C)[C@H](O)[C@]3(C)C(=C(O)[C@@]2(O)C1=O)C(=O)c1c(O)cccc1C3CCC1CCCC1. The standard InChI is InChI=1S/C32H40O8/c1-15(2)23-25(35)21(16(3)33)27(37)32(40)28(38)24-26(36)22-18(11-8-12-20(22)34)19(14-13-17-9-6-7-10-17)30(24,4)29(39)31(23,32)5/h8,11-12,15,17,19,23,29,34-35,38-40H,6-7,9-10,13-14H2,1-5H3/t19?,23?,29-,30+,31+,32+/m1/s1. The molecule has 2 unspecified atom stereocenters. The van der Waals surface area contributed by atoms with E-state index in [9.17, 15) is 39.9 Å². The number of carbonyl (C=O) groups excluding carboxylic acids is 3. The van der Waals surface area contributed by atoms with Gasteiger partial charge < -0.3 is 25.5 Å². The monoisotopic (exact) mass is 552 g/mol. The fourth-order valence-electron chi connectivity index (χ4n) is 8.90. The maximum Gasteiger partial charge on any atom is 0.209 e. The smallest absolute Gasteiger partial charge is 0.209 e. The Morgan fingerprint density at radius 2 is 1.68 bits per heavy atom. The Morgan fingerprint density at radius 1 is 1.05 bits per heavy atom. The highest BCUT2D eigenvalue weighted by atomic mass is 16.4. The lowest BCUT2D eigenvalue weighted by Gasteiger charge is -2.63. The van der Waals surface area contributed by atoms with Crippen molar-refractivity contribution in [3.8, 4) is 5.75 Å². The molecule has 0 heterocycles. The first-order valence-corrected chi connectivity index (χ1v) is 14.4. The average molecular weight is 553 g/mol. The van der Waals surface area contributed by atoms with Crippen molar-refractivity contribution in [2.75, 3.05) is 0 Å². The molecule has 1 fully saturated rings. The molecule has 0 saturated heterocycles. The zero-order valence-electron chi connectivity index (χ0n) is 23.8. The minimum atomic E-state index is -2.86. The highest BCUT2D eigenvalue weighted by molar-refractivity contribution is 6.25. The van der Waals surface area contributed by atoms with E-state index in [0.29, 0.717) is 17.9 Å². The Morgan fingerprint density at radius 3 is 2.25 bits per heavy atom. The summed E-state index contributed by atoms with van der Waals surface area (Å²) in [5, 5.41) is 58.8. The summed E-state index contributed by atoms with van der Waals surface area (Å²) in [6.07, 6.45) is 4.19. The molecule has 5 N–H and O–H groups in total. The summed E-state index contributed by atoms with van der Waals surface area (Å²) in [6, 6.07) is 4.76. The lowest BCUT2D eigenvalue weighted by Crippen LogP contribution is -2.73. The van der Waals surface area contributed by atoms with Crippen molar-refractivity contribution < 1.29 is 39.9 Å². The number of rotatable bonds is 5. The number of ketones is 3. The van der Waals surface area contributed by atoms with Crippen molar-refractivity contribution in [2.45, 2.75) is 90.8 Å². The Kier molecular flexibility index (Phi) is 6.62. The molecule has 4 aliphatic rings. The van der Waals surface area contributed by atoms with Crippen LogP contribution in [0.1, 0.15) is 95.0 Å². The van der Waals surface area contributed by atoms with Gasteiger partial charge in [-0.15, -0.1) is 0 Å². The number of benzene rings is 1. The second-order valence-electron chi connectivity index (χ2n) is 13.1. The van der Waals surface area contributed by atoms with Crippen LogP contribution < -0.4 is 0 Å². The minimum Gasteiger partial charge on any atom is -0.511 e. The maximum absolute atomic E-state index is 14.1. The van der Waals surface area contributed by atoms with Gasteiger partial charge in [0.05, 0.1) is 17.2 Å². The van der Waals surface area contributed by atoms with E-state index in [1.807, 2.05) is 0 Å². The van der Waals surface area contributed by atoms with Gasteiger partial charge in [0.25, 0.3) is 0 Å². The quantitative estimate of drug-likeness (QED) is 0.326. The van der Waals surface area contributed by atoms with Crippen LogP contribution in [0.5, 0.6) is 5.75 Å². The molecule has 6 atom stereocenters. The molecular weight excluding hydrogens is 512 g/mol. The number of hydrogen-bond donors (Lipinski definition) is 5. The molecule has 5 rings (SSSR count). The first kappa shape index (κ1) is 28.6. The number of fused-ring (bicyclic) bond motifs is 3. The lowest BCUT2D eigenvalue weighted by molar-refractivity contribution is -0.212. The minimum absolute atomic E-state index is 0.0220. The summed E-state index contributed by atoms with van der Waals surface area (Å²) < 4.78 is 0. The number of Topliss-reactive ketones (excluding diaryl/α,β-unsaturated/α-hetero) is 3. The number of hydrogen-bond acceptors (Lipinski definition) is 8. The lowest BCUT2D eigenvalue weighted by atomic mass is 9.41. The zero-order valence-corrected chi connectivity index (χ0v) is 23.8. The first-order chi connectivity index (χ1) is 18.7. The molecule has 0 spiro atoms. The molecule has 1 aromatic rings. The van der Waals surface area contributed by atoms with E-state index in [1.165, 1.54) is 13.0 Å². The Bertz CT molecular complexity index is 1360. The molecule has 0 aliphatic heterocycles. The number of allylic oxidation sites excluding steroid dienone is 1. The van der Waals surface area contributed by atoms with Gasteiger partial charge in [-0.3, -0.25) is 14.4 Å². The Labute approximate surface area is 234 Å². The summed E-state index contributed by atoms with van der Waals surface area (Å²) in [5.74, 6) is -6.21. The molecule has 0 amide bonds. The van der Waals surface area contributed by atoms with Crippen LogP contribution >= 0.6 is 0 Å². The second-order valence-corrected chi connectivity index (χ2v) is 13.1. The predicted octanol–water partition coefficient (Wildman–Crippen LogP) is 4.83. The number of aliphatic hydroxyl groups is 4. The van der Waals surface area contributed by atoms with Crippen LogP contribution in [0.25, 0.3) is 0 Å². The van der Waals surface area contributed by atoms with Gasteiger partial charge >= 0.3 is 0 Å². The molecule has 0 aromatic heterocycles. The van der Waals surface area contributed by atoms with Crippen molar-refractivity contribution >= 4 is 17.3 Å². The Hall–Kier alpha value is -2.97. The molecule has 40 heavy (non-hydrogen) atoms. The predicted molar refractivity (Wildman–Crippen MR) is 147 cm³/mol. The molecule has 216 valence electrons. The summed E-state index contributed by atoms with van der Waals surface area (Å²) in [4.78, 5) is 40.6. The first-order valence-electron chi connectivity index (χ1n) is 14.4. The van der Waals surface area contributed by atoms with E-state index < -0.39 is 74.7 Å². The molecular formula is C32H40O8. The number of phenols is 1. The van der Waals surface area contributed by atoms with Crippen LogP contribution in [-0.4, -0.2) is 54.6 Å². The van der Waals surface area contributed by atoms with E-state index >= 15 is 0 Å². The van der Waals surface area contributed by atoms with Crippen molar-refractivity contribution in [2.24, 2.45) is 28.6 Å². The third-order valence-electron chi connectivity index (χ3n) is 10.8. The van der Waals surface area contributed by atoms with Crippen molar-refractivity contribution in [3.63, 3.8) is 0 Å². The van der Waals surface area contributed by atoms with Crippen molar-refractivity contribution in [1.82, 2.24) is 0 Å². The molecule has 4 aliphatic carbocycles. The molecule has 1 saturated carbocycles. The maximum atomic E-state index is 14.1. The normalized spacial score (nSPS) is 36.1. The highest BCUT2D eigenvalue weighted by Crippen LogP contribution is 2.68. The van der Waals surface area contributed by atoms with Gasteiger partial charge in [-0.2, -0.15) is 0 Å². The topological polar surface area (TPSA) is 152 Å². The van der Waals surface area contributed by atoms with Gasteiger partial charge in [-0.1, -0.05) is 65.5 Å². The van der Waals surface area contributed by atoms with E-state index in [1.54, 1.807) is 32.9 Å². The van der Waals surface area contributed by atoms with Gasteiger partial charge in [0.2, 0.25) is 5.78 Å². The van der Waals surface area contributed by atoms with Crippen LogP contribution in [-0.2, 0) is 9.59 Å². The third-order valence-corrected chi connectivity index (χ3v) is 10.8. The number of aromatic hydroxyl groups is 1. The zero-order chi connectivity index (χ0) is 29.5. The number of phenolic OH excluding ortho intramolecular Hbond substituents is 1. The highest BCUT2D eigenvalue weighted by Gasteiger charge is 2.76. The van der Waals surface area contributed by atoms with Gasteiger partial charge in [0, 0.05) is 16.7 Å². The van der Waals surface area contributed by atoms with Gasteiger partial charge in [0.15, 0.2) is 17.2 Å². The van der Waals surface area contributed by atoms with Gasteiger partial charge in [0.1, 0.15) is 22.8 Å². The third kappa shape index (κ3) is 3.35. The van der Waals surface area contributed by atoms with Crippen molar-refractivity contribution in [1.29, 1.82) is 0 Å². The summed E-state index contributed by atoms with van der Waals surface area (Å²) in [7, 11) is 0. The summed E-state index contributed by atoms with van der Waals surface area (Å²) in [6.45, 7) is 7.67. The number of aliphatic hydroxyl groups excluding tert-OH is 3. The fourth-order valence-corrected chi connectivity index (χ4v) is 8.90. The van der Waals surface area contributed by atoms with Crippen LogP contribution in [0.15, 0.2) is 40.9 Å². The number of carbonyl (C=O) groups is 3. The van der Waals surface area contributed by atoms with Crippen LogP contribution in [0.3, 0.4) is 0 Å². The van der Waals surface area contributed by atoms with Crippen LogP contribution in [0.2, 0.25) is 0 Å². The van der Waals surface area contributed by atoms with Gasteiger partial charge in [-0.05, 0) is 49.1 Å². The molecule has 8 nitrogen and oxygen atoms in total. The second kappa shape index (κ2) is 9.28. The van der Waals surface area contributed by atoms with E-state index in [0.717, 1.165) is 39.0 Å². The average Bonchev–Trinajstić information content (AvgIpc) is 3.39. The molecule has 0 radical (unpaired) electrons. The summed E-state index contributed by atoms with van der Waals surface area (Å²) >= 11 is 0. The molecule has 8 heteroatoms. The van der Waals surface area contributed by atoms with Crippen LogP contribution in [0, 0.1) is 28.6 Å². The van der Waals surface area contributed by atoms with Crippen LogP contribution in [0.4, 0.5) is 0 Å². The Balaban J connectivity index is 1.83. The molecule has 0 bridgehead atoms. The van der Waals surface area contributed by atoms with E-state index in [4.69, 9.17) is 0 Å². The largest absolute Gasteiger partial charge is 0.511 e. The van der Waals surface area contributed by atoms with E-state index in [2.05, 4.69) is 0 Å². The molecule has 1 aromatic carbocycles.